The second-order valence-electron chi connectivity index (χ2n) is 7.83. The molecule has 0 unspecified atom stereocenters. The van der Waals surface area contributed by atoms with Crippen molar-refractivity contribution in [3.05, 3.63) is 59.7 Å². The Kier molecular flexibility index (Phi) is 10.00. The quantitative estimate of drug-likeness (QED) is 0.423. The zero-order valence-corrected chi connectivity index (χ0v) is 19.2. The Hall–Kier alpha value is -2.39. The SMILES string of the molecule is C.CC.CCc1ccc2c(N3CCCC3)cc(-c3ccc(CCCNC)cc3)nc2c1. The third-order valence-electron chi connectivity index (χ3n) is 5.85. The van der Waals surface area contributed by atoms with Crippen molar-refractivity contribution in [1.82, 2.24) is 10.3 Å². The van der Waals surface area contributed by atoms with Crippen molar-refractivity contribution >= 4 is 16.6 Å². The lowest BCUT2D eigenvalue weighted by Gasteiger charge is -2.21. The standard InChI is InChI=1S/C25H31N3.C2H6.CH4/c1-3-19-10-13-22-24(17-19)27-23(18-25(22)28-15-4-5-16-28)21-11-8-20(9-12-21)7-6-14-26-2;1-2;/h8-13,17-18,26H,3-7,14-16H2,1-2H3;1-2H3;1H4. The molecule has 4 rings (SSSR count). The number of benzene rings is 2. The molecule has 0 bridgehead atoms. The number of pyridine rings is 1. The first kappa shape index (κ1) is 24.9. The Morgan fingerprint density at radius 3 is 2.26 bits per heavy atom. The molecule has 168 valence electrons. The van der Waals surface area contributed by atoms with Gasteiger partial charge in [-0.3, -0.25) is 0 Å². The van der Waals surface area contributed by atoms with Gasteiger partial charge in [0.15, 0.2) is 0 Å². The van der Waals surface area contributed by atoms with Gasteiger partial charge in [0, 0.05) is 29.7 Å². The summed E-state index contributed by atoms with van der Waals surface area (Å²) in [4.78, 5) is 7.59. The van der Waals surface area contributed by atoms with Gasteiger partial charge in [-0.25, -0.2) is 4.98 Å². The van der Waals surface area contributed by atoms with E-state index in [4.69, 9.17) is 4.98 Å². The van der Waals surface area contributed by atoms with E-state index >= 15 is 0 Å². The molecule has 3 nitrogen and oxygen atoms in total. The number of anilines is 1. The summed E-state index contributed by atoms with van der Waals surface area (Å²) in [5.41, 5.74) is 7.51. The highest BCUT2D eigenvalue weighted by Gasteiger charge is 2.17. The normalized spacial score (nSPS) is 13.0. The van der Waals surface area contributed by atoms with Crippen LogP contribution in [0, 0.1) is 0 Å². The van der Waals surface area contributed by atoms with Crippen LogP contribution in [0.3, 0.4) is 0 Å². The van der Waals surface area contributed by atoms with E-state index in [-0.39, 0.29) is 7.43 Å². The Labute approximate surface area is 189 Å². The largest absolute Gasteiger partial charge is 0.371 e. The van der Waals surface area contributed by atoms with Gasteiger partial charge in [0.1, 0.15) is 0 Å². The van der Waals surface area contributed by atoms with Gasteiger partial charge < -0.3 is 10.2 Å². The minimum atomic E-state index is 0. The van der Waals surface area contributed by atoms with Gasteiger partial charge in [-0.05, 0) is 69.0 Å². The van der Waals surface area contributed by atoms with E-state index in [1.54, 1.807) is 0 Å². The van der Waals surface area contributed by atoms with E-state index in [1.165, 1.54) is 47.0 Å². The monoisotopic (exact) mass is 419 g/mol. The van der Waals surface area contributed by atoms with Crippen molar-refractivity contribution in [3.63, 3.8) is 0 Å². The first-order valence-electron chi connectivity index (χ1n) is 11.7. The Bertz CT molecular complexity index is 925. The Balaban J connectivity index is 0.00000111. The Morgan fingerprint density at radius 1 is 0.935 bits per heavy atom. The van der Waals surface area contributed by atoms with Crippen LogP contribution in [0.25, 0.3) is 22.2 Å². The maximum absolute atomic E-state index is 5.05. The first-order valence-corrected chi connectivity index (χ1v) is 11.7. The van der Waals surface area contributed by atoms with Crippen LogP contribution in [0.2, 0.25) is 0 Å². The minimum Gasteiger partial charge on any atom is -0.371 e. The molecule has 0 amide bonds. The maximum atomic E-state index is 5.05. The van der Waals surface area contributed by atoms with E-state index in [9.17, 15) is 0 Å². The zero-order chi connectivity index (χ0) is 21.3. The van der Waals surface area contributed by atoms with Crippen LogP contribution in [-0.2, 0) is 12.8 Å². The number of nitrogens with one attached hydrogen (secondary N) is 1. The molecule has 1 aromatic heterocycles. The number of hydrogen-bond acceptors (Lipinski definition) is 3. The van der Waals surface area contributed by atoms with E-state index in [2.05, 4.69) is 65.7 Å². The summed E-state index contributed by atoms with van der Waals surface area (Å²) in [5.74, 6) is 0. The number of nitrogens with zero attached hydrogens (tertiary/aromatic N) is 2. The van der Waals surface area contributed by atoms with Crippen LogP contribution in [0.1, 0.15) is 58.6 Å². The minimum absolute atomic E-state index is 0. The zero-order valence-electron chi connectivity index (χ0n) is 19.2. The summed E-state index contributed by atoms with van der Waals surface area (Å²) in [5, 5.41) is 4.50. The number of hydrogen-bond donors (Lipinski definition) is 1. The fourth-order valence-corrected chi connectivity index (χ4v) is 4.15. The highest BCUT2D eigenvalue weighted by molar-refractivity contribution is 5.94. The maximum Gasteiger partial charge on any atom is 0.0733 e. The van der Waals surface area contributed by atoms with Crippen molar-refractivity contribution in [2.24, 2.45) is 0 Å². The third-order valence-corrected chi connectivity index (χ3v) is 5.85. The van der Waals surface area contributed by atoms with E-state index in [1.807, 2.05) is 20.9 Å². The summed E-state index contributed by atoms with van der Waals surface area (Å²) < 4.78 is 0. The molecule has 0 spiro atoms. The molecule has 31 heavy (non-hydrogen) atoms. The summed E-state index contributed by atoms with van der Waals surface area (Å²) in [6.45, 7) is 9.57. The van der Waals surface area contributed by atoms with E-state index in [0.717, 1.165) is 43.7 Å². The molecule has 1 aliphatic rings. The third kappa shape index (κ3) is 6.07. The smallest absolute Gasteiger partial charge is 0.0733 e. The first-order chi connectivity index (χ1) is 14.8. The van der Waals surface area contributed by atoms with Crippen LogP contribution in [0.5, 0.6) is 0 Å². The highest BCUT2D eigenvalue weighted by atomic mass is 15.1. The second kappa shape index (κ2) is 12.5. The van der Waals surface area contributed by atoms with Gasteiger partial charge in [-0.2, -0.15) is 0 Å². The van der Waals surface area contributed by atoms with Crippen LogP contribution in [-0.4, -0.2) is 31.7 Å². The van der Waals surface area contributed by atoms with Gasteiger partial charge >= 0.3 is 0 Å². The second-order valence-corrected chi connectivity index (χ2v) is 7.83. The van der Waals surface area contributed by atoms with Crippen LogP contribution in [0.4, 0.5) is 5.69 Å². The fraction of sp³-hybridized carbons (Fsp3) is 0.464. The lowest BCUT2D eigenvalue weighted by atomic mass is 10.0. The van der Waals surface area contributed by atoms with Gasteiger partial charge in [0.2, 0.25) is 0 Å². The molecule has 3 aromatic rings. The molecule has 1 N–H and O–H groups in total. The summed E-state index contributed by atoms with van der Waals surface area (Å²) >= 11 is 0. The predicted octanol–water partition coefficient (Wildman–Crippen LogP) is 6.88. The van der Waals surface area contributed by atoms with Crippen LogP contribution < -0.4 is 10.2 Å². The average Bonchev–Trinajstić information content (AvgIpc) is 3.35. The topological polar surface area (TPSA) is 28.2 Å². The lowest BCUT2D eigenvalue weighted by molar-refractivity contribution is 0.725. The summed E-state index contributed by atoms with van der Waals surface area (Å²) in [6.07, 6.45) is 5.90. The molecule has 0 saturated carbocycles. The molecular formula is C28H41N3. The van der Waals surface area contributed by atoms with E-state index < -0.39 is 0 Å². The molecule has 1 aliphatic heterocycles. The van der Waals surface area contributed by atoms with Crippen molar-refractivity contribution in [2.75, 3.05) is 31.6 Å². The Morgan fingerprint density at radius 2 is 1.61 bits per heavy atom. The van der Waals surface area contributed by atoms with Gasteiger partial charge in [0.25, 0.3) is 0 Å². The molecular weight excluding hydrogens is 378 g/mol. The lowest BCUT2D eigenvalue weighted by Crippen LogP contribution is -2.18. The molecule has 2 aromatic carbocycles. The van der Waals surface area contributed by atoms with Gasteiger partial charge in [-0.15, -0.1) is 0 Å². The van der Waals surface area contributed by atoms with Crippen molar-refractivity contribution in [1.29, 1.82) is 0 Å². The number of fused-ring (bicyclic) bond motifs is 1. The molecule has 1 saturated heterocycles. The molecule has 0 aliphatic carbocycles. The van der Waals surface area contributed by atoms with Crippen LogP contribution >= 0.6 is 0 Å². The van der Waals surface area contributed by atoms with Crippen LogP contribution in [0.15, 0.2) is 48.5 Å². The van der Waals surface area contributed by atoms with Crippen molar-refractivity contribution in [3.8, 4) is 11.3 Å². The summed E-state index contributed by atoms with van der Waals surface area (Å²) in [7, 11) is 2.01. The molecule has 1 fully saturated rings. The highest BCUT2D eigenvalue weighted by Crippen LogP contribution is 2.33. The summed E-state index contributed by atoms with van der Waals surface area (Å²) in [6, 6.07) is 18.1. The molecule has 0 radical (unpaired) electrons. The van der Waals surface area contributed by atoms with Crippen molar-refractivity contribution in [2.45, 2.75) is 60.3 Å². The number of aromatic nitrogens is 1. The molecule has 0 atom stereocenters. The van der Waals surface area contributed by atoms with Crippen molar-refractivity contribution < 1.29 is 0 Å². The average molecular weight is 420 g/mol. The van der Waals surface area contributed by atoms with Gasteiger partial charge in [-0.1, -0.05) is 64.6 Å². The molecule has 3 heteroatoms. The predicted molar refractivity (Wildman–Crippen MR) is 138 cm³/mol. The van der Waals surface area contributed by atoms with Gasteiger partial charge in [0.05, 0.1) is 11.2 Å². The fourth-order valence-electron chi connectivity index (χ4n) is 4.15. The number of rotatable bonds is 7. The number of aryl methyl sites for hydroxylation is 2. The molecule has 2 heterocycles. The van der Waals surface area contributed by atoms with E-state index in [0.29, 0.717) is 0 Å².